The second-order valence-corrected chi connectivity index (χ2v) is 2.44. The van der Waals surface area contributed by atoms with Crippen molar-refractivity contribution >= 4 is 11.7 Å². The van der Waals surface area contributed by atoms with E-state index in [2.05, 4.69) is 28.8 Å². The van der Waals surface area contributed by atoms with Gasteiger partial charge in [-0.2, -0.15) is 8.75 Å². The average molecular weight is 127 g/mol. The molecule has 0 aliphatic heterocycles. The highest BCUT2D eigenvalue weighted by Crippen LogP contribution is 2.08. The smallest absolute Gasteiger partial charge is 0.129 e. The van der Waals surface area contributed by atoms with Gasteiger partial charge in [0.15, 0.2) is 0 Å². The normalized spacial score (nSPS) is 10.4. The fourth-order valence-corrected chi connectivity index (χ4v) is 0.901. The van der Waals surface area contributed by atoms with E-state index in [4.69, 9.17) is 0 Å². The minimum Gasteiger partial charge on any atom is -0.177 e. The first-order valence-electron chi connectivity index (χ1n) is 2.51. The minimum absolute atomic E-state index is 0.466. The van der Waals surface area contributed by atoms with Crippen molar-refractivity contribution in [2.75, 3.05) is 0 Å². The molecule has 1 heterocycles. The van der Waals surface area contributed by atoms with E-state index < -0.39 is 0 Å². The maximum Gasteiger partial charge on any atom is 0.129 e. The predicted octanol–water partition coefficient (Wildman–Crippen LogP) is 1.46. The molecule has 0 aliphatic rings. The van der Waals surface area contributed by atoms with Gasteiger partial charge in [-0.1, -0.05) is 13.8 Å². The molecule has 43 valence electrons. The summed E-state index contributed by atoms with van der Waals surface area (Å²) < 4.78 is 7.74. The van der Waals surface area contributed by atoms with E-state index in [1.807, 2.05) is 0 Å². The van der Waals surface area contributed by atoms with Crippen molar-refractivity contribution in [3.63, 3.8) is 0 Å². The van der Waals surface area contributed by atoms with Gasteiger partial charge in [0, 0.05) is 0 Å². The zero-order chi connectivity index (χ0) is 5.98. The highest BCUT2D eigenvalue weighted by Gasteiger charge is 1.99. The topological polar surface area (TPSA) is 25.8 Å². The second kappa shape index (κ2) is 2.22. The van der Waals surface area contributed by atoms with Crippen LogP contribution >= 0.6 is 11.7 Å². The molecular weight excluding hydrogens is 120 g/mol. The third-order valence-corrected chi connectivity index (χ3v) is 1.34. The first kappa shape index (κ1) is 5.69. The number of hydrogen-bond acceptors (Lipinski definition) is 3. The third kappa shape index (κ3) is 1.04. The molecule has 0 spiro atoms. The van der Waals surface area contributed by atoms with E-state index >= 15 is 0 Å². The van der Waals surface area contributed by atoms with Crippen LogP contribution in [0.2, 0.25) is 0 Å². The summed E-state index contributed by atoms with van der Waals surface area (Å²) in [5.74, 6) is 0.466. The highest BCUT2D eigenvalue weighted by atomic mass is 32.1. The lowest BCUT2D eigenvalue weighted by Gasteiger charge is -1.92. The van der Waals surface area contributed by atoms with E-state index in [9.17, 15) is 0 Å². The SMILES string of the molecule is CC(C)c1[c]nsn1. The monoisotopic (exact) mass is 127 g/mol. The number of hydrogen-bond donors (Lipinski definition) is 0. The Morgan fingerprint density at radius 2 is 2.38 bits per heavy atom. The van der Waals surface area contributed by atoms with E-state index in [1.54, 1.807) is 0 Å². The van der Waals surface area contributed by atoms with Crippen molar-refractivity contribution < 1.29 is 0 Å². The number of nitrogens with zero attached hydrogens (tertiary/aromatic N) is 2. The molecule has 0 saturated carbocycles. The summed E-state index contributed by atoms with van der Waals surface area (Å²) in [5.41, 5.74) is 0.968. The first-order valence-corrected chi connectivity index (χ1v) is 3.24. The van der Waals surface area contributed by atoms with Crippen LogP contribution in [0, 0.1) is 6.20 Å². The zero-order valence-corrected chi connectivity index (χ0v) is 5.70. The maximum absolute atomic E-state index is 3.99. The Hall–Kier alpha value is -0.440. The summed E-state index contributed by atoms with van der Waals surface area (Å²) in [4.78, 5) is 0. The van der Waals surface area contributed by atoms with Crippen LogP contribution in [0.1, 0.15) is 25.5 Å². The van der Waals surface area contributed by atoms with Crippen LogP contribution in [0.4, 0.5) is 0 Å². The van der Waals surface area contributed by atoms with Gasteiger partial charge in [0.25, 0.3) is 0 Å². The van der Waals surface area contributed by atoms with Crippen molar-refractivity contribution in [2.45, 2.75) is 19.8 Å². The van der Waals surface area contributed by atoms with Gasteiger partial charge in [-0.3, -0.25) is 0 Å². The largest absolute Gasteiger partial charge is 0.177 e. The Bertz CT molecular complexity index is 145. The summed E-state index contributed by atoms with van der Waals surface area (Å²) in [7, 11) is 0. The lowest BCUT2D eigenvalue weighted by Crippen LogP contribution is -1.84. The zero-order valence-electron chi connectivity index (χ0n) is 4.88. The van der Waals surface area contributed by atoms with Crippen LogP contribution in [-0.4, -0.2) is 8.75 Å². The lowest BCUT2D eigenvalue weighted by molar-refractivity contribution is 0.836. The molecular formula is C5H7N2S. The van der Waals surface area contributed by atoms with Crippen LogP contribution in [0.3, 0.4) is 0 Å². The van der Waals surface area contributed by atoms with Crippen LogP contribution in [0.25, 0.3) is 0 Å². The highest BCUT2D eigenvalue weighted by molar-refractivity contribution is 6.99. The molecule has 0 bridgehead atoms. The molecule has 0 aromatic carbocycles. The van der Waals surface area contributed by atoms with Gasteiger partial charge >= 0.3 is 0 Å². The Morgan fingerprint density at radius 1 is 1.62 bits per heavy atom. The summed E-state index contributed by atoms with van der Waals surface area (Å²) in [6.45, 7) is 4.15. The molecule has 0 unspecified atom stereocenters. The molecule has 0 atom stereocenters. The van der Waals surface area contributed by atoms with Crippen molar-refractivity contribution in [2.24, 2.45) is 0 Å². The van der Waals surface area contributed by atoms with Gasteiger partial charge in [-0.05, 0) is 5.92 Å². The van der Waals surface area contributed by atoms with Crippen LogP contribution in [0.15, 0.2) is 0 Å². The molecule has 0 saturated heterocycles. The minimum atomic E-state index is 0.466. The molecule has 1 aromatic rings. The van der Waals surface area contributed by atoms with Crippen molar-refractivity contribution in [3.8, 4) is 0 Å². The predicted molar refractivity (Wildman–Crippen MR) is 32.8 cm³/mol. The first-order chi connectivity index (χ1) is 3.80. The second-order valence-electron chi connectivity index (χ2n) is 1.92. The standard InChI is InChI=1S/C5H7N2S/c1-4(2)5-3-6-8-7-5/h4H,1-2H3. The summed E-state index contributed by atoms with van der Waals surface area (Å²) in [6.07, 6.45) is 2.79. The van der Waals surface area contributed by atoms with Gasteiger partial charge in [0.05, 0.1) is 17.4 Å². The van der Waals surface area contributed by atoms with Crippen molar-refractivity contribution in [1.29, 1.82) is 0 Å². The molecule has 1 aromatic heterocycles. The summed E-state index contributed by atoms with van der Waals surface area (Å²) >= 11 is 1.21. The fraction of sp³-hybridized carbons (Fsp3) is 0.600. The van der Waals surface area contributed by atoms with Gasteiger partial charge in [0.1, 0.15) is 6.20 Å². The van der Waals surface area contributed by atoms with Gasteiger partial charge < -0.3 is 0 Å². The van der Waals surface area contributed by atoms with Crippen LogP contribution < -0.4 is 0 Å². The van der Waals surface area contributed by atoms with E-state index in [0.29, 0.717) is 5.92 Å². The molecule has 1 radical (unpaired) electrons. The molecule has 3 heteroatoms. The third-order valence-electron chi connectivity index (χ3n) is 0.887. The number of rotatable bonds is 1. The van der Waals surface area contributed by atoms with Crippen LogP contribution in [0.5, 0.6) is 0 Å². The van der Waals surface area contributed by atoms with Gasteiger partial charge in [-0.15, -0.1) is 0 Å². The Labute approximate surface area is 52.9 Å². The number of aromatic nitrogens is 2. The molecule has 2 nitrogen and oxygen atoms in total. The fourth-order valence-electron chi connectivity index (χ4n) is 0.386. The Balaban J connectivity index is 2.77. The van der Waals surface area contributed by atoms with Crippen molar-refractivity contribution in [3.05, 3.63) is 11.9 Å². The summed E-state index contributed by atoms with van der Waals surface area (Å²) in [6, 6.07) is 0. The molecule has 0 aliphatic carbocycles. The maximum atomic E-state index is 3.99. The van der Waals surface area contributed by atoms with Crippen molar-refractivity contribution in [1.82, 2.24) is 8.75 Å². The Morgan fingerprint density at radius 3 is 2.62 bits per heavy atom. The average Bonchev–Trinajstić information content (AvgIpc) is 2.12. The van der Waals surface area contributed by atoms with Crippen LogP contribution in [-0.2, 0) is 0 Å². The van der Waals surface area contributed by atoms with E-state index in [-0.39, 0.29) is 0 Å². The van der Waals surface area contributed by atoms with E-state index in [1.165, 1.54) is 11.7 Å². The lowest BCUT2D eigenvalue weighted by atomic mass is 10.2. The molecule has 1 rings (SSSR count). The summed E-state index contributed by atoms with van der Waals surface area (Å²) in [5, 5.41) is 0. The molecule has 8 heavy (non-hydrogen) atoms. The van der Waals surface area contributed by atoms with Gasteiger partial charge in [-0.25, -0.2) is 0 Å². The quantitative estimate of drug-likeness (QED) is 0.570. The molecule has 0 amide bonds. The van der Waals surface area contributed by atoms with Gasteiger partial charge in [0.2, 0.25) is 0 Å². The molecule has 0 N–H and O–H groups in total. The Kier molecular flexibility index (Phi) is 1.58. The molecule has 0 fully saturated rings. The van der Waals surface area contributed by atoms with E-state index in [0.717, 1.165) is 5.69 Å².